The van der Waals surface area contributed by atoms with Crippen LogP contribution in [0.3, 0.4) is 0 Å². The van der Waals surface area contributed by atoms with Crippen LogP contribution in [-0.2, 0) is 0 Å². The lowest BCUT2D eigenvalue weighted by molar-refractivity contribution is 0.0923. The molecule has 3 aromatic carbocycles. The van der Waals surface area contributed by atoms with Gasteiger partial charge in [0.15, 0.2) is 10.9 Å². The average molecular weight is 427 g/mol. The van der Waals surface area contributed by atoms with E-state index in [0.29, 0.717) is 5.78 Å². The first kappa shape index (κ1) is 20.0. The lowest BCUT2D eigenvalue weighted by Gasteiger charge is -2.09. The van der Waals surface area contributed by atoms with Gasteiger partial charge in [0.2, 0.25) is 0 Å². The summed E-state index contributed by atoms with van der Waals surface area (Å²) >= 11 is 1.69. The van der Waals surface area contributed by atoms with Crippen molar-refractivity contribution in [2.24, 2.45) is 5.92 Å². The summed E-state index contributed by atoms with van der Waals surface area (Å²) in [5, 5.41) is 4.35. The number of Topliss-reactive ketones (excluding diaryl/α,β-unsaturated/α-hetero) is 1. The van der Waals surface area contributed by atoms with Crippen molar-refractivity contribution in [3.8, 4) is 11.1 Å². The quantitative estimate of drug-likeness (QED) is 0.332. The molecule has 0 bridgehead atoms. The molecule has 3 nitrogen and oxygen atoms in total. The van der Waals surface area contributed by atoms with E-state index in [1.165, 1.54) is 28.7 Å². The maximum Gasteiger partial charge on any atom is 0.188 e. The number of aromatic nitrogens is 1. The Kier molecular flexibility index (Phi) is 5.33. The van der Waals surface area contributed by atoms with E-state index in [-0.39, 0.29) is 5.92 Å². The van der Waals surface area contributed by atoms with Crippen molar-refractivity contribution in [1.29, 1.82) is 0 Å². The van der Waals surface area contributed by atoms with E-state index in [9.17, 15) is 4.79 Å². The van der Waals surface area contributed by atoms with E-state index in [2.05, 4.69) is 67.7 Å². The van der Waals surface area contributed by atoms with Crippen molar-refractivity contribution < 1.29 is 4.79 Å². The Morgan fingerprint density at radius 2 is 1.58 bits per heavy atom. The van der Waals surface area contributed by atoms with Gasteiger partial charge in [-0.2, -0.15) is 0 Å². The Balaban J connectivity index is 1.31. The summed E-state index contributed by atoms with van der Waals surface area (Å²) in [6.45, 7) is 4.24. The number of hydrogen-bond acceptors (Lipinski definition) is 4. The molecule has 1 saturated carbocycles. The number of fused-ring (bicyclic) bond motifs is 1. The summed E-state index contributed by atoms with van der Waals surface area (Å²) in [4.78, 5) is 17.3. The topological polar surface area (TPSA) is 42.0 Å². The zero-order valence-electron chi connectivity index (χ0n) is 17.9. The van der Waals surface area contributed by atoms with Gasteiger partial charge in [-0.05, 0) is 67.1 Å². The number of anilines is 2. The molecule has 0 amide bonds. The second-order valence-electron chi connectivity index (χ2n) is 8.57. The van der Waals surface area contributed by atoms with Crippen LogP contribution in [0.1, 0.15) is 47.2 Å². The molecule has 1 aliphatic carbocycles. The summed E-state index contributed by atoms with van der Waals surface area (Å²) in [7, 11) is 0. The first-order chi connectivity index (χ1) is 15.1. The SMILES string of the molecule is Cc1cc(C)c2sc(Nc3ccc(-c4ccc(C(=O)C5CCCC5)cc4)cc3)nc2c1. The molecule has 1 aliphatic rings. The van der Waals surface area contributed by atoms with Gasteiger partial charge in [-0.3, -0.25) is 4.79 Å². The van der Waals surface area contributed by atoms with E-state index in [1.807, 2.05) is 12.1 Å². The van der Waals surface area contributed by atoms with Gasteiger partial charge in [0.25, 0.3) is 0 Å². The van der Waals surface area contributed by atoms with Gasteiger partial charge in [-0.25, -0.2) is 4.98 Å². The molecule has 0 spiro atoms. The number of hydrogen-bond donors (Lipinski definition) is 1. The molecule has 5 rings (SSSR count). The molecule has 156 valence electrons. The van der Waals surface area contributed by atoms with E-state index < -0.39 is 0 Å². The van der Waals surface area contributed by atoms with Crippen LogP contribution in [0.5, 0.6) is 0 Å². The van der Waals surface area contributed by atoms with E-state index >= 15 is 0 Å². The highest BCUT2D eigenvalue weighted by Crippen LogP contribution is 2.32. The predicted octanol–water partition coefficient (Wildman–Crippen LogP) is 7.70. The molecule has 1 heterocycles. The van der Waals surface area contributed by atoms with Crippen molar-refractivity contribution in [2.75, 3.05) is 5.32 Å². The van der Waals surface area contributed by atoms with Gasteiger partial charge < -0.3 is 5.32 Å². The number of nitrogens with one attached hydrogen (secondary N) is 1. The van der Waals surface area contributed by atoms with Crippen molar-refractivity contribution in [3.05, 3.63) is 77.4 Å². The summed E-state index contributed by atoms with van der Waals surface area (Å²) < 4.78 is 1.23. The molecule has 1 aromatic heterocycles. The first-order valence-corrected chi connectivity index (χ1v) is 11.8. The van der Waals surface area contributed by atoms with E-state index in [0.717, 1.165) is 45.9 Å². The minimum Gasteiger partial charge on any atom is -0.332 e. The number of ketones is 1. The number of carbonyl (C=O) groups excluding carboxylic acids is 1. The van der Waals surface area contributed by atoms with Crippen molar-refractivity contribution in [1.82, 2.24) is 4.98 Å². The Morgan fingerprint density at radius 3 is 2.26 bits per heavy atom. The molecule has 0 atom stereocenters. The van der Waals surface area contributed by atoms with Crippen molar-refractivity contribution in [3.63, 3.8) is 0 Å². The molecule has 4 aromatic rings. The lowest BCUT2D eigenvalue weighted by atomic mass is 9.94. The monoisotopic (exact) mass is 426 g/mol. The summed E-state index contributed by atoms with van der Waals surface area (Å²) in [6.07, 6.45) is 4.46. The third kappa shape index (κ3) is 4.13. The molecular weight excluding hydrogens is 400 g/mol. The number of thiazole rings is 1. The second kappa shape index (κ2) is 8.27. The zero-order chi connectivity index (χ0) is 21.4. The van der Waals surface area contributed by atoms with Gasteiger partial charge in [0, 0.05) is 17.2 Å². The second-order valence-corrected chi connectivity index (χ2v) is 9.57. The lowest BCUT2D eigenvalue weighted by Crippen LogP contribution is -2.10. The van der Waals surface area contributed by atoms with Crippen LogP contribution >= 0.6 is 11.3 Å². The van der Waals surface area contributed by atoms with Gasteiger partial charge in [0.05, 0.1) is 10.2 Å². The molecule has 0 saturated heterocycles. The fourth-order valence-electron chi connectivity index (χ4n) is 4.55. The van der Waals surface area contributed by atoms with Gasteiger partial charge in [-0.1, -0.05) is 66.6 Å². The van der Waals surface area contributed by atoms with Gasteiger partial charge >= 0.3 is 0 Å². The number of nitrogens with zero attached hydrogens (tertiary/aromatic N) is 1. The fraction of sp³-hybridized carbons (Fsp3) is 0.259. The molecule has 31 heavy (non-hydrogen) atoms. The maximum absolute atomic E-state index is 12.6. The molecule has 0 aliphatic heterocycles. The number of benzene rings is 3. The van der Waals surface area contributed by atoms with Crippen LogP contribution in [0, 0.1) is 19.8 Å². The molecule has 0 radical (unpaired) electrons. The molecule has 1 fully saturated rings. The Bertz CT molecular complexity index is 1230. The molecule has 0 unspecified atom stereocenters. The molecule has 1 N–H and O–H groups in total. The van der Waals surface area contributed by atoms with Crippen LogP contribution < -0.4 is 5.32 Å². The van der Waals surface area contributed by atoms with Crippen LogP contribution in [-0.4, -0.2) is 10.8 Å². The Morgan fingerprint density at radius 1 is 0.935 bits per heavy atom. The first-order valence-electron chi connectivity index (χ1n) is 11.0. The van der Waals surface area contributed by atoms with Crippen molar-refractivity contribution >= 4 is 38.2 Å². The normalized spacial score (nSPS) is 14.3. The smallest absolute Gasteiger partial charge is 0.188 e. The number of aryl methyl sites for hydroxylation is 2. The number of rotatable bonds is 5. The average Bonchev–Trinajstić information content (AvgIpc) is 3.44. The van der Waals surface area contributed by atoms with Crippen LogP contribution in [0.15, 0.2) is 60.7 Å². The third-order valence-electron chi connectivity index (χ3n) is 6.18. The Hall–Kier alpha value is -2.98. The van der Waals surface area contributed by atoms with Crippen LogP contribution in [0.2, 0.25) is 0 Å². The highest BCUT2D eigenvalue weighted by molar-refractivity contribution is 7.22. The molecular formula is C27H26N2OS. The summed E-state index contributed by atoms with van der Waals surface area (Å²) in [5.41, 5.74) is 7.68. The highest BCUT2D eigenvalue weighted by Gasteiger charge is 2.23. The van der Waals surface area contributed by atoms with Crippen LogP contribution in [0.4, 0.5) is 10.8 Å². The highest BCUT2D eigenvalue weighted by atomic mass is 32.1. The third-order valence-corrected chi connectivity index (χ3v) is 7.31. The zero-order valence-corrected chi connectivity index (χ0v) is 18.8. The standard InChI is InChI=1S/C27H26N2OS/c1-17-15-18(2)26-24(16-17)29-27(31-26)28-23-13-11-20(12-14-23)19-7-9-22(10-8-19)25(30)21-5-3-4-6-21/h7-16,21H,3-6H2,1-2H3,(H,28,29). The number of carbonyl (C=O) groups is 1. The largest absolute Gasteiger partial charge is 0.332 e. The fourth-order valence-corrected chi connectivity index (χ4v) is 5.49. The minimum atomic E-state index is 0.228. The predicted molar refractivity (Wildman–Crippen MR) is 131 cm³/mol. The van der Waals surface area contributed by atoms with Gasteiger partial charge in [0.1, 0.15) is 0 Å². The maximum atomic E-state index is 12.6. The van der Waals surface area contributed by atoms with Gasteiger partial charge in [-0.15, -0.1) is 0 Å². The minimum absolute atomic E-state index is 0.228. The van der Waals surface area contributed by atoms with E-state index in [4.69, 9.17) is 4.98 Å². The molecule has 4 heteroatoms. The Labute approximate surface area is 187 Å². The van der Waals surface area contributed by atoms with E-state index in [1.54, 1.807) is 11.3 Å². The van der Waals surface area contributed by atoms with Crippen LogP contribution in [0.25, 0.3) is 21.3 Å². The summed E-state index contributed by atoms with van der Waals surface area (Å²) in [5.74, 6) is 0.538. The van der Waals surface area contributed by atoms with Crippen molar-refractivity contribution in [2.45, 2.75) is 39.5 Å². The summed E-state index contributed by atoms with van der Waals surface area (Å²) in [6, 6.07) is 20.8.